The van der Waals surface area contributed by atoms with Crippen molar-refractivity contribution in [2.45, 2.75) is 13.8 Å². The van der Waals surface area contributed by atoms with Gasteiger partial charge in [0.15, 0.2) is 0 Å². The summed E-state index contributed by atoms with van der Waals surface area (Å²) in [6.07, 6.45) is 1.60. The van der Waals surface area contributed by atoms with Crippen molar-refractivity contribution in [3.8, 4) is 6.07 Å². The molecule has 0 unspecified atom stereocenters. The van der Waals surface area contributed by atoms with Gasteiger partial charge in [0.1, 0.15) is 0 Å². The molecule has 1 aromatic carbocycles. The van der Waals surface area contributed by atoms with Crippen molar-refractivity contribution in [1.82, 2.24) is 0 Å². The summed E-state index contributed by atoms with van der Waals surface area (Å²) in [4.78, 5) is 11.2. The van der Waals surface area contributed by atoms with Crippen molar-refractivity contribution in [1.29, 1.82) is 5.26 Å². The fourth-order valence-corrected chi connectivity index (χ4v) is 3.18. The van der Waals surface area contributed by atoms with Crippen molar-refractivity contribution < 1.29 is 9.90 Å². The summed E-state index contributed by atoms with van der Waals surface area (Å²) in [6, 6.07) is 7.17. The maximum absolute atomic E-state index is 11.2. The van der Waals surface area contributed by atoms with E-state index in [0.717, 1.165) is 0 Å². The van der Waals surface area contributed by atoms with Crippen LogP contribution in [0.5, 0.6) is 0 Å². The molecule has 0 amide bonds. The predicted molar refractivity (Wildman–Crippen MR) is 78.4 cm³/mol. The summed E-state index contributed by atoms with van der Waals surface area (Å²) in [6.45, 7) is 3.69. The topological polar surface area (TPSA) is 61.1 Å². The molecule has 0 radical (unpaired) electrons. The van der Waals surface area contributed by atoms with E-state index in [-0.39, 0.29) is 5.92 Å². The van der Waals surface area contributed by atoms with E-state index in [1.165, 1.54) is 0 Å². The lowest BCUT2D eigenvalue weighted by Crippen LogP contribution is -2.03. The zero-order chi connectivity index (χ0) is 15.1. The Morgan fingerprint density at radius 2 is 1.90 bits per heavy atom. The molecular formula is C15H13Cl2NO2. The van der Waals surface area contributed by atoms with Gasteiger partial charge in [0.2, 0.25) is 0 Å². The summed E-state index contributed by atoms with van der Waals surface area (Å²) in [7, 11) is 0. The first-order valence-electron chi connectivity index (χ1n) is 6.09. The summed E-state index contributed by atoms with van der Waals surface area (Å²) >= 11 is 12.1. The summed E-state index contributed by atoms with van der Waals surface area (Å²) in [5, 5.41) is 19.4. The summed E-state index contributed by atoms with van der Waals surface area (Å²) in [5.41, 5.74) is 0.526. The second-order valence-corrected chi connectivity index (χ2v) is 6.28. The van der Waals surface area contributed by atoms with Crippen molar-refractivity contribution >= 4 is 35.2 Å². The van der Waals surface area contributed by atoms with Crippen LogP contribution < -0.4 is 0 Å². The van der Waals surface area contributed by atoms with Crippen LogP contribution in [-0.4, -0.2) is 11.1 Å². The van der Waals surface area contributed by atoms with Gasteiger partial charge in [-0.25, -0.2) is 0 Å². The molecule has 1 saturated carbocycles. The second-order valence-electron chi connectivity index (χ2n) is 5.46. The first-order chi connectivity index (χ1) is 9.30. The van der Waals surface area contributed by atoms with Crippen LogP contribution in [0.15, 0.2) is 23.8 Å². The molecule has 0 heterocycles. The Morgan fingerprint density at radius 3 is 2.30 bits per heavy atom. The molecule has 2 rings (SSSR count). The Bertz CT molecular complexity index is 624. The van der Waals surface area contributed by atoms with Gasteiger partial charge in [0.25, 0.3) is 0 Å². The number of allylic oxidation sites excluding steroid dienone is 1. The van der Waals surface area contributed by atoms with Crippen LogP contribution in [0.3, 0.4) is 0 Å². The minimum Gasteiger partial charge on any atom is -0.481 e. The number of carbonyl (C=O) groups is 1. The highest BCUT2D eigenvalue weighted by Crippen LogP contribution is 2.62. The van der Waals surface area contributed by atoms with E-state index in [1.807, 2.05) is 13.8 Å². The number of benzene rings is 1. The third-order valence-corrected chi connectivity index (χ3v) is 4.52. The number of rotatable bonds is 3. The van der Waals surface area contributed by atoms with Crippen LogP contribution in [0.2, 0.25) is 10.0 Å². The maximum Gasteiger partial charge on any atom is 0.307 e. The van der Waals surface area contributed by atoms with Crippen molar-refractivity contribution in [3.05, 3.63) is 39.4 Å². The number of aliphatic carboxylic acids is 1. The van der Waals surface area contributed by atoms with E-state index in [4.69, 9.17) is 23.2 Å². The third-order valence-electron chi connectivity index (χ3n) is 3.86. The largest absolute Gasteiger partial charge is 0.481 e. The van der Waals surface area contributed by atoms with E-state index >= 15 is 0 Å². The number of hydrogen-bond acceptors (Lipinski definition) is 2. The van der Waals surface area contributed by atoms with Gasteiger partial charge in [-0.1, -0.05) is 43.1 Å². The Hall–Kier alpha value is -1.50. The van der Waals surface area contributed by atoms with E-state index in [2.05, 4.69) is 6.07 Å². The van der Waals surface area contributed by atoms with Crippen LogP contribution in [0.4, 0.5) is 0 Å². The van der Waals surface area contributed by atoms with Gasteiger partial charge in [-0.3, -0.25) is 4.79 Å². The summed E-state index contributed by atoms with van der Waals surface area (Å²) in [5.74, 6) is -1.74. The highest BCUT2D eigenvalue weighted by Gasteiger charge is 2.63. The Morgan fingerprint density at radius 1 is 1.35 bits per heavy atom. The van der Waals surface area contributed by atoms with Gasteiger partial charge < -0.3 is 5.11 Å². The van der Waals surface area contributed by atoms with Gasteiger partial charge in [-0.15, -0.1) is 0 Å². The van der Waals surface area contributed by atoms with Crippen LogP contribution >= 0.6 is 23.2 Å². The molecule has 1 aliphatic carbocycles. The van der Waals surface area contributed by atoms with Crippen LogP contribution in [0.25, 0.3) is 6.08 Å². The SMILES string of the molecule is CC1(C)[C@H](C(=O)O)[C@H]1C(C#N)=Cc1c(Cl)cccc1Cl. The highest BCUT2D eigenvalue weighted by atomic mass is 35.5. The van der Waals surface area contributed by atoms with Crippen molar-refractivity contribution in [2.24, 2.45) is 17.3 Å². The lowest BCUT2D eigenvalue weighted by molar-refractivity contribution is -0.139. The quantitative estimate of drug-likeness (QED) is 0.849. The molecule has 0 bridgehead atoms. The molecule has 1 N–H and O–H groups in total. The Labute approximate surface area is 127 Å². The molecule has 0 saturated heterocycles. The molecule has 0 spiro atoms. The summed E-state index contributed by atoms with van der Waals surface area (Å²) < 4.78 is 0. The number of carboxylic acids is 1. The second kappa shape index (κ2) is 5.12. The van der Waals surface area contributed by atoms with Gasteiger partial charge in [-0.05, 0) is 23.6 Å². The van der Waals surface area contributed by atoms with Crippen LogP contribution in [0.1, 0.15) is 19.4 Å². The molecule has 0 aromatic heterocycles. The molecule has 3 nitrogen and oxygen atoms in total. The van der Waals surface area contributed by atoms with Gasteiger partial charge in [0.05, 0.1) is 12.0 Å². The van der Waals surface area contributed by atoms with Gasteiger partial charge in [0, 0.05) is 27.1 Å². The molecule has 0 aliphatic heterocycles. The minimum absolute atomic E-state index is 0.308. The fraction of sp³-hybridized carbons (Fsp3) is 0.333. The monoisotopic (exact) mass is 309 g/mol. The van der Waals surface area contributed by atoms with E-state index in [1.54, 1.807) is 24.3 Å². The van der Waals surface area contributed by atoms with Crippen LogP contribution in [-0.2, 0) is 4.79 Å². The number of halogens is 2. The lowest BCUT2D eigenvalue weighted by Gasteiger charge is -2.04. The number of nitriles is 1. The van der Waals surface area contributed by atoms with Crippen LogP contribution in [0, 0.1) is 28.6 Å². The van der Waals surface area contributed by atoms with Gasteiger partial charge >= 0.3 is 5.97 Å². The molecular weight excluding hydrogens is 297 g/mol. The molecule has 1 aromatic rings. The van der Waals surface area contributed by atoms with E-state index in [9.17, 15) is 15.2 Å². The van der Waals surface area contributed by atoms with Crippen molar-refractivity contribution in [2.75, 3.05) is 0 Å². The zero-order valence-electron chi connectivity index (χ0n) is 11.0. The Kier molecular flexibility index (Phi) is 3.82. The average molecular weight is 310 g/mol. The van der Waals surface area contributed by atoms with Crippen molar-refractivity contribution in [3.63, 3.8) is 0 Å². The average Bonchev–Trinajstić information content (AvgIpc) is 2.92. The highest BCUT2D eigenvalue weighted by molar-refractivity contribution is 6.37. The van der Waals surface area contributed by atoms with Gasteiger partial charge in [-0.2, -0.15) is 5.26 Å². The minimum atomic E-state index is -0.883. The number of nitrogens with zero attached hydrogens (tertiary/aromatic N) is 1. The molecule has 1 aliphatic rings. The standard InChI is InChI=1S/C15H13Cl2NO2/c1-15(2)12(13(15)14(19)20)8(7-18)6-9-10(16)4-3-5-11(9)17/h3-6,12-13H,1-2H3,(H,19,20)/t12-,13+/m1/s1. The number of hydrogen-bond donors (Lipinski definition) is 1. The fourth-order valence-electron chi connectivity index (χ4n) is 2.67. The normalized spacial score (nSPS) is 24.1. The maximum atomic E-state index is 11.2. The Balaban J connectivity index is 2.43. The molecule has 20 heavy (non-hydrogen) atoms. The third kappa shape index (κ3) is 2.42. The zero-order valence-corrected chi connectivity index (χ0v) is 12.5. The molecule has 2 atom stereocenters. The number of carboxylic acid groups (broad SMARTS) is 1. The first kappa shape index (κ1) is 14.9. The van der Waals surface area contributed by atoms with E-state index in [0.29, 0.717) is 21.2 Å². The lowest BCUT2D eigenvalue weighted by atomic mass is 10.0. The molecule has 5 heteroatoms. The van der Waals surface area contributed by atoms with E-state index < -0.39 is 17.3 Å². The smallest absolute Gasteiger partial charge is 0.307 e. The molecule has 104 valence electrons. The molecule has 1 fully saturated rings. The first-order valence-corrected chi connectivity index (χ1v) is 6.84. The predicted octanol–water partition coefficient (Wildman–Crippen LogP) is 4.26.